The van der Waals surface area contributed by atoms with Crippen molar-refractivity contribution in [3.8, 4) is 5.75 Å². The number of fused-ring (bicyclic) bond motifs is 1. The third kappa shape index (κ3) is 2.63. The maximum absolute atomic E-state index is 5.83. The monoisotopic (exact) mass is 264 g/mol. The SMILES string of the molecule is NCc1ccc(OCc2ccnc3ccccc23)cc1. The highest BCUT2D eigenvalue weighted by Gasteiger charge is 2.02. The summed E-state index contributed by atoms with van der Waals surface area (Å²) in [6.45, 7) is 1.08. The topological polar surface area (TPSA) is 48.1 Å². The lowest BCUT2D eigenvalue weighted by Gasteiger charge is -2.09. The molecular formula is C17H16N2O. The molecule has 0 atom stereocenters. The highest BCUT2D eigenvalue weighted by atomic mass is 16.5. The summed E-state index contributed by atoms with van der Waals surface area (Å²) >= 11 is 0. The number of ether oxygens (including phenoxy) is 1. The molecule has 0 radical (unpaired) electrons. The number of nitrogens with two attached hydrogens (primary N) is 1. The van der Waals surface area contributed by atoms with E-state index in [9.17, 15) is 0 Å². The van der Waals surface area contributed by atoms with Gasteiger partial charge in [-0.1, -0.05) is 30.3 Å². The van der Waals surface area contributed by atoms with Crippen molar-refractivity contribution in [2.75, 3.05) is 0 Å². The molecule has 0 amide bonds. The number of para-hydroxylation sites is 1. The smallest absolute Gasteiger partial charge is 0.119 e. The second-order valence-electron chi connectivity index (χ2n) is 4.62. The van der Waals surface area contributed by atoms with E-state index in [-0.39, 0.29) is 0 Å². The lowest BCUT2D eigenvalue weighted by Crippen LogP contribution is -1.98. The van der Waals surface area contributed by atoms with Gasteiger partial charge in [-0.3, -0.25) is 4.98 Å². The van der Waals surface area contributed by atoms with Crippen molar-refractivity contribution < 1.29 is 4.74 Å². The van der Waals surface area contributed by atoms with E-state index in [2.05, 4.69) is 11.1 Å². The number of nitrogens with zero attached hydrogens (tertiary/aromatic N) is 1. The van der Waals surface area contributed by atoms with Crippen LogP contribution in [-0.2, 0) is 13.2 Å². The maximum Gasteiger partial charge on any atom is 0.119 e. The van der Waals surface area contributed by atoms with Crippen LogP contribution in [0.1, 0.15) is 11.1 Å². The second-order valence-corrected chi connectivity index (χ2v) is 4.62. The molecule has 0 bridgehead atoms. The predicted octanol–water partition coefficient (Wildman–Crippen LogP) is 3.27. The molecule has 2 aromatic carbocycles. The first-order valence-electron chi connectivity index (χ1n) is 6.61. The van der Waals surface area contributed by atoms with Crippen LogP contribution < -0.4 is 10.5 Å². The van der Waals surface area contributed by atoms with Gasteiger partial charge in [0, 0.05) is 23.7 Å². The number of rotatable bonds is 4. The van der Waals surface area contributed by atoms with Gasteiger partial charge >= 0.3 is 0 Å². The summed E-state index contributed by atoms with van der Waals surface area (Å²) in [6.07, 6.45) is 1.82. The predicted molar refractivity (Wildman–Crippen MR) is 80.4 cm³/mol. The van der Waals surface area contributed by atoms with Crippen LogP contribution in [0.3, 0.4) is 0 Å². The zero-order valence-electron chi connectivity index (χ0n) is 11.1. The Bertz CT molecular complexity index is 702. The van der Waals surface area contributed by atoms with Crippen LogP contribution in [0.15, 0.2) is 60.8 Å². The molecule has 3 nitrogen and oxygen atoms in total. The minimum absolute atomic E-state index is 0.533. The number of pyridine rings is 1. The summed E-state index contributed by atoms with van der Waals surface area (Å²) in [5.41, 5.74) is 8.81. The standard InChI is InChI=1S/C17H16N2O/c18-11-13-5-7-15(8-6-13)20-12-14-9-10-19-17-4-2-1-3-16(14)17/h1-10H,11-12,18H2. The molecule has 0 saturated heterocycles. The molecule has 0 aliphatic rings. The molecule has 1 aromatic heterocycles. The van der Waals surface area contributed by atoms with Gasteiger partial charge in [0.05, 0.1) is 5.52 Å². The van der Waals surface area contributed by atoms with E-state index in [1.807, 2.05) is 54.7 Å². The Morgan fingerprint density at radius 3 is 2.55 bits per heavy atom. The van der Waals surface area contributed by atoms with Crippen LogP contribution in [0.5, 0.6) is 5.75 Å². The second kappa shape index (κ2) is 5.72. The van der Waals surface area contributed by atoms with Gasteiger partial charge in [-0.05, 0) is 29.8 Å². The average Bonchev–Trinajstić information content (AvgIpc) is 2.53. The molecule has 0 spiro atoms. The van der Waals surface area contributed by atoms with Gasteiger partial charge < -0.3 is 10.5 Å². The number of aromatic nitrogens is 1. The van der Waals surface area contributed by atoms with Gasteiger partial charge in [-0.2, -0.15) is 0 Å². The van der Waals surface area contributed by atoms with Crippen LogP contribution in [0, 0.1) is 0 Å². The van der Waals surface area contributed by atoms with E-state index in [4.69, 9.17) is 10.5 Å². The Morgan fingerprint density at radius 1 is 0.950 bits per heavy atom. The largest absolute Gasteiger partial charge is 0.489 e. The van der Waals surface area contributed by atoms with Crippen LogP contribution in [0.25, 0.3) is 10.9 Å². The Hall–Kier alpha value is -2.39. The van der Waals surface area contributed by atoms with Crippen molar-refractivity contribution in [3.63, 3.8) is 0 Å². The number of hydrogen-bond donors (Lipinski definition) is 1. The Kier molecular flexibility index (Phi) is 3.61. The molecule has 0 saturated carbocycles. The summed E-state index contributed by atoms with van der Waals surface area (Å²) in [4.78, 5) is 4.35. The average molecular weight is 264 g/mol. The molecule has 100 valence electrons. The van der Waals surface area contributed by atoms with Gasteiger partial charge in [-0.15, -0.1) is 0 Å². The Morgan fingerprint density at radius 2 is 1.75 bits per heavy atom. The van der Waals surface area contributed by atoms with E-state index in [0.717, 1.165) is 27.8 Å². The summed E-state index contributed by atoms with van der Waals surface area (Å²) in [5, 5.41) is 1.13. The van der Waals surface area contributed by atoms with Gasteiger partial charge in [-0.25, -0.2) is 0 Å². The van der Waals surface area contributed by atoms with Crippen molar-refractivity contribution in [2.24, 2.45) is 5.73 Å². The fourth-order valence-electron chi connectivity index (χ4n) is 2.16. The number of hydrogen-bond acceptors (Lipinski definition) is 3. The molecular weight excluding hydrogens is 248 g/mol. The minimum atomic E-state index is 0.533. The lowest BCUT2D eigenvalue weighted by molar-refractivity contribution is 0.307. The van der Waals surface area contributed by atoms with Crippen molar-refractivity contribution in [2.45, 2.75) is 13.2 Å². The first-order valence-corrected chi connectivity index (χ1v) is 6.61. The Balaban J connectivity index is 1.79. The van der Waals surface area contributed by atoms with E-state index in [1.54, 1.807) is 0 Å². The van der Waals surface area contributed by atoms with Crippen molar-refractivity contribution >= 4 is 10.9 Å². The van der Waals surface area contributed by atoms with Crippen LogP contribution in [0.4, 0.5) is 0 Å². The zero-order valence-corrected chi connectivity index (χ0v) is 11.1. The lowest BCUT2D eigenvalue weighted by atomic mass is 10.1. The van der Waals surface area contributed by atoms with Crippen molar-refractivity contribution in [3.05, 3.63) is 71.9 Å². The van der Waals surface area contributed by atoms with Crippen molar-refractivity contribution in [1.29, 1.82) is 0 Å². The molecule has 0 aliphatic heterocycles. The van der Waals surface area contributed by atoms with E-state index >= 15 is 0 Å². The van der Waals surface area contributed by atoms with E-state index in [1.165, 1.54) is 0 Å². The molecule has 0 unspecified atom stereocenters. The van der Waals surface area contributed by atoms with Crippen LogP contribution in [0.2, 0.25) is 0 Å². The summed E-state index contributed by atoms with van der Waals surface area (Å²) < 4.78 is 5.83. The fourth-order valence-corrected chi connectivity index (χ4v) is 2.16. The molecule has 3 aromatic rings. The molecule has 1 heterocycles. The zero-order chi connectivity index (χ0) is 13.8. The third-order valence-electron chi connectivity index (χ3n) is 3.29. The molecule has 3 rings (SSSR count). The molecule has 20 heavy (non-hydrogen) atoms. The summed E-state index contributed by atoms with van der Waals surface area (Å²) in [5.74, 6) is 0.850. The van der Waals surface area contributed by atoms with Crippen LogP contribution in [-0.4, -0.2) is 4.98 Å². The maximum atomic E-state index is 5.83. The number of benzene rings is 2. The third-order valence-corrected chi connectivity index (χ3v) is 3.29. The van der Waals surface area contributed by atoms with E-state index in [0.29, 0.717) is 13.2 Å². The summed E-state index contributed by atoms with van der Waals surface area (Å²) in [7, 11) is 0. The van der Waals surface area contributed by atoms with Crippen molar-refractivity contribution in [1.82, 2.24) is 4.98 Å². The van der Waals surface area contributed by atoms with Crippen LogP contribution >= 0.6 is 0 Å². The normalized spacial score (nSPS) is 10.7. The summed E-state index contributed by atoms with van der Waals surface area (Å²) in [6, 6.07) is 18.0. The molecule has 0 fully saturated rings. The molecule has 2 N–H and O–H groups in total. The van der Waals surface area contributed by atoms with Gasteiger partial charge in [0.15, 0.2) is 0 Å². The highest BCUT2D eigenvalue weighted by molar-refractivity contribution is 5.81. The molecule has 3 heteroatoms. The fraction of sp³-hybridized carbons (Fsp3) is 0.118. The van der Waals surface area contributed by atoms with Gasteiger partial charge in [0.1, 0.15) is 12.4 Å². The van der Waals surface area contributed by atoms with Gasteiger partial charge in [0.2, 0.25) is 0 Å². The first-order chi connectivity index (χ1) is 9.86. The first kappa shape index (κ1) is 12.6. The van der Waals surface area contributed by atoms with E-state index < -0.39 is 0 Å². The molecule has 0 aliphatic carbocycles. The minimum Gasteiger partial charge on any atom is -0.489 e. The highest BCUT2D eigenvalue weighted by Crippen LogP contribution is 2.19. The van der Waals surface area contributed by atoms with Gasteiger partial charge in [0.25, 0.3) is 0 Å². The quantitative estimate of drug-likeness (QED) is 0.786. The Labute approximate surface area is 118 Å².